The predicted octanol–water partition coefficient (Wildman–Crippen LogP) is 5.35. The summed E-state index contributed by atoms with van der Waals surface area (Å²) in [6.07, 6.45) is 3.57. The van der Waals surface area contributed by atoms with E-state index in [-0.39, 0.29) is 12.0 Å². The van der Waals surface area contributed by atoms with Gasteiger partial charge in [0, 0.05) is 39.6 Å². The fraction of sp³-hybridized carbons (Fsp3) is 0.217. The molecule has 0 spiro atoms. The van der Waals surface area contributed by atoms with Crippen LogP contribution in [0.5, 0.6) is 0 Å². The maximum atomic E-state index is 13.0. The van der Waals surface area contributed by atoms with Crippen LogP contribution in [0.4, 0.5) is 0 Å². The number of rotatable bonds is 5. The largest absolute Gasteiger partial charge is 0.370 e. The number of carbonyl (C=O) groups is 1. The third-order valence-electron chi connectivity index (χ3n) is 4.83. The van der Waals surface area contributed by atoms with E-state index in [2.05, 4.69) is 27.0 Å². The van der Waals surface area contributed by atoms with Crippen molar-refractivity contribution in [3.05, 3.63) is 94.2 Å². The molecule has 2 heterocycles. The fourth-order valence-electron chi connectivity index (χ4n) is 3.24. The van der Waals surface area contributed by atoms with Crippen molar-refractivity contribution >= 4 is 33.6 Å². The van der Waals surface area contributed by atoms with E-state index in [9.17, 15) is 4.79 Å². The van der Waals surface area contributed by atoms with Crippen molar-refractivity contribution in [1.82, 2.24) is 9.88 Å². The van der Waals surface area contributed by atoms with E-state index in [1.807, 2.05) is 65.7 Å². The Morgan fingerprint density at radius 3 is 2.66 bits per heavy atom. The minimum atomic E-state index is -0.0879. The van der Waals surface area contributed by atoms with Gasteiger partial charge in [-0.1, -0.05) is 34.1 Å². The number of nitrogens with zero attached hydrogens (tertiary/aromatic N) is 2. The summed E-state index contributed by atoms with van der Waals surface area (Å²) < 4.78 is 6.93. The number of carbonyl (C=O) groups excluding carboxylic acids is 1. The molecule has 0 N–H and O–H groups in total. The molecule has 4 nitrogen and oxygen atoms in total. The molecular formula is C23H21BrN2O2S. The molecule has 1 aliphatic heterocycles. The molecule has 1 amide bonds. The highest BCUT2D eigenvalue weighted by atomic mass is 79.9. The van der Waals surface area contributed by atoms with Gasteiger partial charge in [-0.25, -0.2) is 0 Å². The van der Waals surface area contributed by atoms with E-state index >= 15 is 0 Å². The molecule has 6 heteroatoms. The van der Waals surface area contributed by atoms with Gasteiger partial charge in [0.1, 0.15) is 6.10 Å². The average Bonchev–Trinajstić information content (AvgIpc) is 2.79. The van der Waals surface area contributed by atoms with Crippen molar-refractivity contribution in [1.29, 1.82) is 0 Å². The molecule has 0 radical (unpaired) electrons. The lowest BCUT2D eigenvalue weighted by atomic mass is 10.1. The Morgan fingerprint density at radius 1 is 1.14 bits per heavy atom. The number of morpholine rings is 1. The van der Waals surface area contributed by atoms with E-state index in [1.165, 1.54) is 5.56 Å². The number of thioether (sulfide) groups is 1. The topological polar surface area (TPSA) is 42.4 Å². The van der Waals surface area contributed by atoms with E-state index in [1.54, 1.807) is 18.0 Å². The van der Waals surface area contributed by atoms with Crippen LogP contribution in [0.25, 0.3) is 0 Å². The average molecular weight is 469 g/mol. The summed E-state index contributed by atoms with van der Waals surface area (Å²) in [6.45, 7) is 1.73. The van der Waals surface area contributed by atoms with Gasteiger partial charge in [-0.15, -0.1) is 11.8 Å². The monoisotopic (exact) mass is 468 g/mol. The molecule has 148 valence electrons. The van der Waals surface area contributed by atoms with Gasteiger partial charge < -0.3 is 9.64 Å². The standard InChI is InChI=1S/C23H21BrN2O2S/c24-20-7-3-18(4-8-20)22-15-26(12-13-28-22)23(27)19-5-9-21(10-6-19)29-16-17-2-1-11-25-14-17/h1-11,14,22H,12-13,15-16H2. The van der Waals surface area contributed by atoms with Crippen LogP contribution in [-0.4, -0.2) is 35.5 Å². The van der Waals surface area contributed by atoms with Crippen molar-refractivity contribution in [3.63, 3.8) is 0 Å². The minimum absolute atomic E-state index is 0.0548. The van der Waals surface area contributed by atoms with E-state index in [4.69, 9.17) is 4.74 Å². The Balaban J connectivity index is 1.37. The Kier molecular flexibility index (Phi) is 6.64. The summed E-state index contributed by atoms with van der Waals surface area (Å²) in [5.74, 6) is 0.915. The maximum absolute atomic E-state index is 13.0. The number of ether oxygens (including phenoxy) is 1. The molecule has 3 aromatic rings. The van der Waals surface area contributed by atoms with Gasteiger partial charge in [0.2, 0.25) is 0 Å². The summed E-state index contributed by atoms with van der Waals surface area (Å²) in [7, 11) is 0. The highest BCUT2D eigenvalue weighted by Gasteiger charge is 2.26. The second-order valence-corrected chi connectivity index (χ2v) is 8.80. The first-order valence-corrected chi connectivity index (χ1v) is 11.2. The van der Waals surface area contributed by atoms with Gasteiger partial charge in [0.05, 0.1) is 13.2 Å². The maximum Gasteiger partial charge on any atom is 0.254 e. The quantitative estimate of drug-likeness (QED) is 0.473. The highest BCUT2D eigenvalue weighted by Crippen LogP contribution is 2.26. The molecule has 1 saturated heterocycles. The number of benzene rings is 2. The van der Waals surface area contributed by atoms with Gasteiger partial charge >= 0.3 is 0 Å². The van der Waals surface area contributed by atoms with Crippen molar-refractivity contribution in [2.75, 3.05) is 19.7 Å². The number of amides is 1. The summed E-state index contributed by atoms with van der Waals surface area (Å²) in [6, 6.07) is 20.0. The Bertz CT molecular complexity index is 949. The zero-order chi connectivity index (χ0) is 20.1. The first-order valence-electron chi connectivity index (χ1n) is 9.47. The van der Waals surface area contributed by atoms with Gasteiger partial charge in [0.25, 0.3) is 5.91 Å². The zero-order valence-electron chi connectivity index (χ0n) is 15.8. The number of halogens is 1. The lowest BCUT2D eigenvalue weighted by Gasteiger charge is -2.33. The molecule has 4 rings (SSSR count). The van der Waals surface area contributed by atoms with Crippen LogP contribution in [0.3, 0.4) is 0 Å². The summed E-state index contributed by atoms with van der Waals surface area (Å²) in [5.41, 5.74) is 2.99. The summed E-state index contributed by atoms with van der Waals surface area (Å²) in [4.78, 5) is 20.1. The van der Waals surface area contributed by atoms with Gasteiger partial charge in [0.15, 0.2) is 0 Å². The summed E-state index contributed by atoms with van der Waals surface area (Å²) >= 11 is 5.19. The Hall–Kier alpha value is -2.15. The third-order valence-corrected chi connectivity index (χ3v) is 6.44. The fourth-order valence-corrected chi connectivity index (χ4v) is 4.34. The van der Waals surface area contributed by atoms with Crippen molar-refractivity contribution in [2.24, 2.45) is 0 Å². The van der Waals surface area contributed by atoms with Gasteiger partial charge in [-0.05, 0) is 53.6 Å². The number of aromatic nitrogens is 1. The lowest BCUT2D eigenvalue weighted by Crippen LogP contribution is -2.42. The van der Waals surface area contributed by atoms with Gasteiger partial charge in [-0.3, -0.25) is 9.78 Å². The SMILES string of the molecule is O=C(c1ccc(SCc2cccnc2)cc1)N1CCOC(c2ccc(Br)cc2)C1. The normalized spacial score (nSPS) is 16.6. The molecular weight excluding hydrogens is 448 g/mol. The van der Waals surface area contributed by atoms with Crippen molar-refractivity contribution in [2.45, 2.75) is 16.8 Å². The second-order valence-electron chi connectivity index (χ2n) is 6.84. The molecule has 1 aliphatic rings. The second kappa shape index (κ2) is 9.57. The third kappa shape index (κ3) is 5.26. The number of hydrogen-bond donors (Lipinski definition) is 0. The zero-order valence-corrected chi connectivity index (χ0v) is 18.2. The number of hydrogen-bond acceptors (Lipinski definition) is 4. The van der Waals surface area contributed by atoms with Crippen molar-refractivity contribution in [3.8, 4) is 0 Å². The minimum Gasteiger partial charge on any atom is -0.370 e. The molecule has 0 aliphatic carbocycles. The smallest absolute Gasteiger partial charge is 0.254 e. The van der Waals surface area contributed by atoms with Crippen LogP contribution < -0.4 is 0 Å². The van der Waals surface area contributed by atoms with Crippen LogP contribution in [0.1, 0.15) is 27.6 Å². The first-order chi connectivity index (χ1) is 14.2. The molecule has 2 aromatic carbocycles. The Morgan fingerprint density at radius 2 is 1.93 bits per heavy atom. The molecule has 1 aromatic heterocycles. The predicted molar refractivity (Wildman–Crippen MR) is 119 cm³/mol. The van der Waals surface area contributed by atoms with Crippen LogP contribution in [-0.2, 0) is 10.5 Å². The Labute approximate surface area is 183 Å². The molecule has 1 fully saturated rings. The van der Waals surface area contributed by atoms with E-state index in [0.717, 1.165) is 20.7 Å². The molecule has 29 heavy (non-hydrogen) atoms. The van der Waals surface area contributed by atoms with Crippen LogP contribution in [0.15, 0.2) is 82.4 Å². The van der Waals surface area contributed by atoms with Crippen LogP contribution >= 0.6 is 27.7 Å². The molecule has 1 unspecified atom stereocenters. The molecule has 0 saturated carbocycles. The van der Waals surface area contributed by atoms with Crippen LogP contribution in [0, 0.1) is 0 Å². The number of pyridine rings is 1. The highest BCUT2D eigenvalue weighted by molar-refractivity contribution is 9.10. The van der Waals surface area contributed by atoms with E-state index < -0.39 is 0 Å². The lowest BCUT2D eigenvalue weighted by molar-refractivity contribution is -0.0228. The van der Waals surface area contributed by atoms with Crippen LogP contribution in [0.2, 0.25) is 0 Å². The summed E-state index contributed by atoms with van der Waals surface area (Å²) in [5, 5.41) is 0. The van der Waals surface area contributed by atoms with Crippen molar-refractivity contribution < 1.29 is 9.53 Å². The van der Waals surface area contributed by atoms with E-state index in [0.29, 0.717) is 25.3 Å². The van der Waals surface area contributed by atoms with Gasteiger partial charge in [-0.2, -0.15) is 0 Å². The molecule has 0 bridgehead atoms. The molecule has 1 atom stereocenters. The first kappa shape index (κ1) is 20.1.